The number of carbonyl (C=O) groups excluding carboxylic acids is 2. The summed E-state index contributed by atoms with van der Waals surface area (Å²) < 4.78 is 43.0. The van der Waals surface area contributed by atoms with E-state index in [0.717, 1.165) is 24.2 Å². The Hall–Kier alpha value is -1.27. The van der Waals surface area contributed by atoms with Crippen molar-refractivity contribution in [3.05, 3.63) is 0 Å². The molecule has 3 atom stereocenters. The van der Waals surface area contributed by atoms with Crippen LogP contribution in [-0.4, -0.2) is 42.6 Å². The first-order valence-electron chi connectivity index (χ1n) is 7.14. The lowest BCUT2D eigenvalue weighted by Gasteiger charge is -2.39. The van der Waals surface area contributed by atoms with Gasteiger partial charge in [-0.3, -0.25) is 9.59 Å². The minimum absolute atomic E-state index is 0.00473. The molecular weight excluding hydrogens is 287 g/mol. The van der Waals surface area contributed by atoms with Gasteiger partial charge in [-0.2, -0.15) is 13.2 Å². The van der Waals surface area contributed by atoms with Gasteiger partial charge in [0, 0.05) is 12.6 Å². The fraction of sp³-hybridized carbons (Fsp3) is 0.857. The molecule has 0 aromatic carbocycles. The normalized spacial score (nSPS) is 24.3. The van der Waals surface area contributed by atoms with Gasteiger partial charge in [0.2, 0.25) is 0 Å². The molecule has 1 rings (SSSR count). The van der Waals surface area contributed by atoms with E-state index in [2.05, 4.69) is 4.74 Å². The van der Waals surface area contributed by atoms with Gasteiger partial charge in [-0.15, -0.1) is 0 Å². The fourth-order valence-electron chi connectivity index (χ4n) is 2.86. The molecule has 0 aliphatic heterocycles. The van der Waals surface area contributed by atoms with Gasteiger partial charge in [-0.05, 0) is 18.8 Å². The molecule has 0 spiro atoms. The highest BCUT2D eigenvalue weighted by atomic mass is 19.4. The molecule has 0 saturated heterocycles. The first-order chi connectivity index (χ1) is 9.68. The summed E-state index contributed by atoms with van der Waals surface area (Å²) >= 11 is 0. The zero-order chi connectivity index (χ0) is 16.2. The molecule has 122 valence electrons. The Labute approximate surface area is 122 Å². The molecule has 0 aromatic rings. The number of carbonyl (C=O) groups is 2. The third-order valence-electron chi connectivity index (χ3n) is 4.04. The second-order valence-electron chi connectivity index (χ2n) is 5.71. The van der Waals surface area contributed by atoms with Crippen molar-refractivity contribution in [1.82, 2.24) is 4.90 Å². The molecule has 0 heterocycles. The van der Waals surface area contributed by atoms with Crippen molar-refractivity contribution in [2.24, 2.45) is 11.8 Å². The van der Waals surface area contributed by atoms with E-state index in [1.165, 1.54) is 14.0 Å². The Kier molecular flexibility index (Phi) is 6.04. The SMILES string of the molecule is COC(=O)C(C)CN(C(=O)C(F)(F)F)C1CCCCC1C. The van der Waals surface area contributed by atoms with Gasteiger partial charge in [0.05, 0.1) is 13.0 Å². The number of ether oxygens (including phenoxy) is 1. The van der Waals surface area contributed by atoms with Crippen LogP contribution in [0.2, 0.25) is 0 Å². The third-order valence-corrected chi connectivity index (χ3v) is 4.04. The van der Waals surface area contributed by atoms with E-state index < -0.39 is 30.0 Å². The van der Waals surface area contributed by atoms with Gasteiger partial charge in [0.15, 0.2) is 0 Å². The lowest BCUT2D eigenvalue weighted by molar-refractivity contribution is -0.190. The summed E-state index contributed by atoms with van der Waals surface area (Å²) in [6.07, 6.45) is -1.84. The Morgan fingerprint density at radius 2 is 1.86 bits per heavy atom. The van der Waals surface area contributed by atoms with E-state index in [1.54, 1.807) is 0 Å². The number of hydrogen-bond acceptors (Lipinski definition) is 3. The summed E-state index contributed by atoms with van der Waals surface area (Å²) in [5, 5.41) is 0. The maximum Gasteiger partial charge on any atom is 0.471 e. The van der Waals surface area contributed by atoms with Crippen LogP contribution in [-0.2, 0) is 14.3 Å². The van der Waals surface area contributed by atoms with Crippen LogP contribution >= 0.6 is 0 Å². The lowest BCUT2D eigenvalue weighted by atomic mass is 9.84. The molecule has 21 heavy (non-hydrogen) atoms. The second-order valence-corrected chi connectivity index (χ2v) is 5.71. The fourth-order valence-corrected chi connectivity index (χ4v) is 2.86. The van der Waals surface area contributed by atoms with Gasteiger partial charge in [-0.1, -0.05) is 26.7 Å². The summed E-state index contributed by atoms with van der Waals surface area (Å²) in [5.41, 5.74) is 0. The number of halogens is 3. The Morgan fingerprint density at radius 3 is 2.33 bits per heavy atom. The highest BCUT2D eigenvalue weighted by molar-refractivity contribution is 5.83. The smallest absolute Gasteiger partial charge is 0.469 e. The first-order valence-corrected chi connectivity index (χ1v) is 7.14. The number of alkyl halides is 3. The van der Waals surface area contributed by atoms with Crippen LogP contribution in [0.15, 0.2) is 0 Å². The molecule has 7 heteroatoms. The number of methoxy groups -OCH3 is 1. The van der Waals surface area contributed by atoms with Crippen LogP contribution in [0.4, 0.5) is 13.2 Å². The third kappa shape index (κ3) is 4.61. The molecule has 3 unspecified atom stereocenters. The summed E-state index contributed by atoms with van der Waals surface area (Å²) in [6.45, 7) is 3.05. The Bertz CT molecular complexity index is 384. The second kappa shape index (κ2) is 7.13. The van der Waals surface area contributed by atoms with Crippen molar-refractivity contribution in [3.8, 4) is 0 Å². The Balaban J connectivity index is 2.94. The van der Waals surface area contributed by atoms with Crippen molar-refractivity contribution in [3.63, 3.8) is 0 Å². The van der Waals surface area contributed by atoms with Crippen molar-refractivity contribution < 1.29 is 27.5 Å². The molecular formula is C14H22F3NO3. The van der Waals surface area contributed by atoms with Crippen LogP contribution in [0.25, 0.3) is 0 Å². The number of nitrogens with zero attached hydrogens (tertiary/aromatic N) is 1. The quantitative estimate of drug-likeness (QED) is 0.750. The van der Waals surface area contributed by atoms with Crippen LogP contribution in [0.3, 0.4) is 0 Å². The Morgan fingerprint density at radius 1 is 1.29 bits per heavy atom. The van der Waals surface area contributed by atoms with Crippen LogP contribution < -0.4 is 0 Å². The predicted molar refractivity (Wildman–Crippen MR) is 70.4 cm³/mol. The molecule has 1 aliphatic carbocycles. The van der Waals surface area contributed by atoms with Gasteiger partial charge < -0.3 is 9.64 Å². The topological polar surface area (TPSA) is 46.6 Å². The number of amides is 1. The zero-order valence-corrected chi connectivity index (χ0v) is 12.6. The molecule has 0 aromatic heterocycles. The number of hydrogen-bond donors (Lipinski definition) is 0. The summed E-state index contributed by atoms with van der Waals surface area (Å²) in [5.74, 6) is -3.26. The van der Waals surface area contributed by atoms with Crippen LogP contribution in [0.1, 0.15) is 39.5 Å². The van der Waals surface area contributed by atoms with E-state index in [0.29, 0.717) is 6.42 Å². The standard InChI is InChI=1S/C14H22F3NO3/c1-9-6-4-5-7-11(9)18(13(20)14(15,16)17)8-10(2)12(19)21-3/h9-11H,4-8H2,1-3H3. The van der Waals surface area contributed by atoms with Gasteiger partial charge >= 0.3 is 18.1 Å². The van der Waals surface area contributed by atoms with Crippen molar-refractivity contribution in [2.45, 2.75) is 51.7 Å². The predicted octanol–water partition coefficient (Wildman–Crippen LogP) is 2.77. The largest absolute Gasteiger partial charge is 0.471 e. The molecule has 1 amide bonds. The van der Waals surface area contributed by atoms with Crippen LogP contribution in [0.5, 0.6) is 0 Å². The van der Waals surface area contributed by atoms with Gasteiger partial charge in [0.25, 0.3) is 0 Å². The molecule has 4 nitrogen and oxygen atoms in total. The van der Waals surface area contributed by atoms with Gasteiger partial charge in [0.1, 0.15) is 0 Å². The molecule has 0 bridgehead atoms. The molecule has 1 fully saturated rings. The monoisotopic (exact) mass is 309 g/mol. The maximum absolute atomic E-state index is 12.8. The highest BCUT2D eigenvalue weighted by Crippen LogP contribution is 2.31. The lowest BCUT2D eigenvalue weighted by Crippen LogP contribution is -2.52. The summed E-state index contributed by atoms with van der Waals surface area (Å²) in [4.78, 5) is 24.0. The van der Waals surface area contributed by atoms with Crippen LogP contribution in [0, 0.1) is 11.8 Å². The average Bonchev–Trinajstić information content (AvgIpc) is 2.42. The van der Waals surface area contributed by atoms with Crippen molar-refractivity contribution in [1.29, 1.82) is 0 Å². The number of esters is 1. The minimum Gasteiger partial charge on any atom is -0.469 e. The van der Waals surface area contributed by atoms with Gasteiger partial charge in [-0.25, -0.2) is 0 Å². The molecule has 1 aliphatic rings. The first kappa shape index (κ1) is 17.8. The van der Waals surface area contributed by atoms with E-state index in [4.69, 9.17) is 0 Å². The van der Waals surface area contributed by atoms with E-state index in [9.17, 15) is 22.8 Å². The van der Waals surface area contributed by atoms with Crippen molar-refractivity contribution in [2.75, 3.05) is 13.7 Å². The zero-order valence-electron chi connectivity index (χ0n) is 12.6. The molecule has 0 N–H and O–H groups in total. The van der Waals surface area contributed by atoms with E-state index in [-0.39, 0.29) is 12.5 Å². The minimum atomic E-state index is -4.92. The summed E-state index contributed by atoms with van der Waals surface area (Å²) in [7, 11) is 1.18. The summed E-state index contributed by atoms with van der Waals surface area (Å²) in [6, 6.07) is -0.472. The molecule has 0 radical (unpaired) electrons. The van der Waals surface area contributed by atoms with Crippen molar-refractivity contribution >= 4 is 11.9 Å². The van der Waals surface area contributed by atoms with E-state index >= 15 is 0 Å². The highest BCUT2D eigenvalue weighted by Gasteiger charge is 2.46. The number of rotatable bonds is 4. The average molecular weight is 309 g/mol. The maximum atomic E-state index is 12.8. The molecule has 1 saturated carbocycles. The van der Waals surface area contributed by atoms with E-state index in [1.807, 2.05) is 6.92 Å².